The van der Waals surface area contributed by atoms with E-state index in [4.69, 9.17) is 11.6 Å². The Morgan fingerprint density at radius 2 is 1.92 bits per heavy atom. The van der Waals surface area contributed by atoms with Crippen LogP contribution in [0.5, 0.6) is 0 Å². The van der Waals surface area contributed by atoms with Gasteiger partial charge in [-0.3, -0.25) is 9.69 Å². The van der Waals surface area contributed by atoms with E-state index in [0.717, 1.165) is 48.1 Å². The molecule has 1 aromatic carbocycles. The predicted octanol–water partition coefficient (Wildman–Crippen LogP) is 3.49. The van der Waals surface area contributed by atoms with Gasteiger partial charge in [0.25, 0.3) is 0 Å². The maximum Gasteiger partial charge on any atom is 0.224 e. The maximum atomic E-state index is 12.6. The van der Waals surface area contributed by atoms with Gasteiger partial charge in [-0.05, 0) is 24.3 Å². The van der Waals surface area contributed by atoms with Gasteiger partial charge in [0.2, 0.25) is 5.91 Å². The third kappa shape index (κ3) is 3.92. The molecule has 0 saturated carbocycles. The number of piperazine rings is 1. The van der Waals surface area contributed by atoms with Crippen LogP contribution < -0.4 is 0 Å². The van der Waals surface area contributed by atoms with Crippen LogP contribution in [0, 0.1) is 0 Å². The first-order valence-corrected chi connectivity index (χ1v) is 10.0. The number of hydrogen-bond acceptors (Lipinski definition) is 4. The maximum absolute atomic E-state index is 12.6. The molecule has 0 spiro atoms. The summed E-state index contributed by atoms with van der Waals surface area (Å²) in [6, 6.07) is 12.0. The minimum Gasteiger partial charge on any atom is -0.340 e. The second-order valence-corrected chi connectivity index (χ2v) is 8.34. The zero-order valence-electron chi connectivity index (χ0n) is 14.5. The fourth-order valence-corrected chi connectivity index (χ4v) is 4.51. The largest absolute Gasteiger partial charge is 0.340 e. The molecule has 1 aliphatic rings. The van der Waals surface area contributed by atoms with E-state index in [1.807, 2.05) is 41.6 Å². The van der Waals surface area contributed by atoms with Crippen molar-refractivity contribution in [3.05, 3.63) is 51.9 Å². The van der Waals surface area contributed by atoms with Crippen molar-refractivity contribution in [3.63, 3.8) is 0 Å². The first-order chi connectivity index (χ1) is 12.7. The van der Waals surface area contributed by atoms with Crippen molar-refractivity contribution < 1.29 is 4.79 Å². The molecule has 1 saturated heterocycles. The lowest BCUT2D eigenvalue weighted by molar-refractivity contribution is -0.133. The predicted molar refractivity (Wildman–Crippen MR) is 106 cm³/mol. The van der Waals surface area contributed by atoms with Gasteiger partial charge in [0.05, 0.1) is 21.7 Å². The molecule has 0 radical (unpaired) electrons. The van der Waals surface area contributed by atoms with Gasteiger partial charge in [0.1, 0.15) is 0 Å². The summed E-state index contributed by atoms with van der Waals surface area (Å²) >= 11 is 7.63. The Morgan fingerprint density at radius 3 is 2.69 bits per heavy atom. The van der Waals surface area contributed by atoms with E-state index in [1.54, 1.807) is 11.3 Å². The highest BCUT2D eigenvalue weighted by atomic mass is 35.5. The number of hydrogen-bond donors (Lipinski definition) is 0. The molecule has 0 unspecified atom stereocenters. The topological polar surface area (TPSA) is 41.4 Å². The number of para-hydroxylation sites is 2. The lowest BCUT2D eigenvalue weighted by atomic mass is 10.2. The lowest BCUT2D eigenvalue weighted by Crippen LogP contribution is -2.48. The van der Waals surface area contributed by atoms with E-state index in [2.05, 4.69) is 20.5 Å². The van der Waals surface area contributed by atoms with E-state index >= 15 is 0 Å². The molecular formula is C19H21ClN4OS. The molecule has 7 heteroatoms. The van der Waals surface area contributed by atoms with E-state index in [1.165, 1.54) is 4.88 Å². The zero-order valence-corrected chi connectivity index (χ0v) is 16.0. The summed E-state index contributed by atoms with van der Waals surface area (Å²) in [7, 11) is 0. The van der Waals surface area contributed by atoms with Gasteiger partial charge in [0, 0.05) is 50.6 Å². The first kappa shape index (κ1) is 17.5. The summed E-state index contributed by atoms with van der Waals surface area (Å²) in [5.41, 5.74) is 2.06. The smallest absolute Gasteiger partial charge is 0.224 e. The number of halogens is 1. The highest BCUT2D eigenvalue weighted by Crippen LogP contribution is 2.23. The van der Waals surface area contributed by atoms with Gasteiger partial charge in [-0.2, -0.15) is 0 Å². The summed E-state index contributed by atoms with van der Waals surface area (Å²) in [4.78, 5) is 22.6. The molecule has 1 fully saturated rings. The van der Waals surface area contributed by atoms with Crippen molar-refractivity contribution in [2.45, 2.75) is 19.5 Å². The summed E-state index contributed by atoms with van der Waals surface area (Å²) < 4.78 is 2.89. The molecule has 26 heavy (non-hydrogen) atoms. The molecule has 1 aliphatic heterocycles. The molecule has 136 valence electrons. The van der Waals surface area contributed by atoms with Crippen LogP contribution in [0.3, 0.4) is 0 Å². The van der Waals surface area contributed by atoms with Crippen LogP contribution in [0.15, 0.2) is 42.7 Å². The summed E-state index contributed by atoms with van der Waals surface area (Å²) in [6.07, 6.45) is 2.34. The molecule has 0 N–H and O–H groups in total. The molecule has 0 aliphatic carbocycles. The van der Waals surface area contributed by atoms with E-state index < -0.39 is 0 Å². The molecule has 3 aromatic rings. The molecule has 2 aromatic heterocycles. The minimum absolute atomic E-state index is 0.224. The second kappa shape index (κ2) is 7.78. The Hall–Kier alpha value is -1.89. The molecule has 3 heterocycles. The third-order valence-electron chi connectivity index (χ3n) is 4.83. The van der Waals surface area contributed by atoms with E-state index in [0.29, 0.717) is 13.0 Å². The normalized spacial score (nSPS) is 15.7. The summed E-state index contributed by atoms with van der Waals surface area (Å²) in [5.74, 6) is 0.224. The van der Waals surface area contributed by atoms with Crippen LogP contribution in [0.4, 0.5) is 0 Å². The number of fused-ring (bicyclic) bond motifs is 1. The minimum atomic E-state index is 0.224. The number of carbonyl (C=O) groups excluding carboxylic acids is 1. The van der Waals surface area contributed by atoms with E-state index in [9.17, 15) is 4.79 Å². The fraction of sp³-hybridized carbons (Fsp3) is 0.368. The third-order valence-corrected chi connectivity index (χ3v) is 6.04. The number of imidazole rings is 1. The molecule has 4 rings (SSSR count). The van der Waals surface area contributed by atoms with Crippen LogP contribution in [-0.2, 0) is 17.9 Å². The zero-order chi connectivity index (χ0) is 17.9. The highest BCUT2D eigenvalue weighted by molar-refractivity contribution is 7.16. The summed E-state index contributed by atoms with van der Waals surface area (Å²) in [5, 5.41) is 0. The van der Waals surface area contributed by atoms with E-state index in [-0.39, 0.29) is 5.91 Å². The van der Waals surface area contributed by atoms with Crippen LogP contribution in [-0.4, -0.2) is 51.4 Å². The van der Waals surface area contributed by atoms with Crippen LogP contribution in [0.25, 0.3) is 11.0 Å². The van der Waals surface area contributed by atoms with Crippen molar-refractivity contribution in [1.29, 1.82) is 0 Å². The standard InChI is InChI=1S/C19H21ClN4OS/c20-18-6-5-15(26-18)13-22-9-11-23(12-10-22)19(25)7-8-24-14-21-16-3-1-2-4-17(16)24/h1-6,14H,7-13H2. The fourth-order valence-electron chi connectivity index (χ4n) is 3.38. The number of rotatable bonds is 5. The number of aryl methyl sites for hydroxylation is 1. The SMILES string of the molecule is O=C(CCn1cnc2ccccc21)N1CCN(Cc2ccc(Cl)s2)CC1. The van der Waals surface area contributed by atoms with Crippen molar-refractivity contribution in [2.24, 2.45) is 0 Å². The van der Waals surface area contributed by atoms with Gasteiger partial charge < -0.3 is 9.47 Å². The molecule has 0 bridgehead atoms. The Labute approximate surface area is 161 Å². The number of carbonyl (C=O) groups is 1. The number of benzene rings is 1. The first-order valence-electron chi connectivity index (χ1n) is 8.83. The monoisotopic (exact) mass is 388 g/mol. The molecule has 0 atom stereocenters. The highest BCUT2D eigenvalue weighted by Gasteiger charge is 2.21. The Morgan fingerprint density at radius 1 is 1.12 bits per heavy atom. The van der Waals surface area contributed by atoms with Crippen LogP contribution >= 0.6 is 22.9 Å². The number of amides is 1. The Bertz CT molecular complexity index is 898. The Balaban J connectivity index is 1.27. The number of aromatic nitrogens is 2. The lowest BCUT2D eigenvalue weighted by Gasteiger charge is -2.34. The average Bonchev–Trinajstić information content (AvgIpc) is 3.26. The van der Waals surface area contributed by atoms with Crippen LogP contribution in [0.1, 0.15) is 11.3 Å². The van der Waals surface area contributed by atoms with Gasteiger partial charge in [-0.1, -0.05) is 23.7 Å². The van der Waals surface area contributed by atoms with Crippen molar-refractivity contribution in [2.75, 3.05) is 26.2 Å². The van der Waals surface area contributed by atoms with Gasteiger partial charge >= 0.3 is 0 Å². The molecule has 1 amide bonds. The van der Waals surface area contributed by atoms with Crippen molar-refractivity contribution in [3.8, 4) is 0 Å². The molecular weight excluding hydrogens is 368 g/mol. The van der Waals surface area contributed by atoms with Crippen LogP contribution in [0.2, 0.25) is 4.34 Å². The summed E-state index contributed by atoms with van der Waals surface area (Å²) in [6.45, 7) is 5.00. The molecule has 5 nitrogen and oxygen atoms in total. The quantitative estimate of drug-likeness (QED) is 0.671. The second-order valence-electron chi connectivity index (χ2n) is 6.54. The number of nitrogens with zero attached hydrogens (tertiary/aromatic N) is 4. The Kier molecular flexibility index (Phi) is 5.24. The number of thiophene rings is 1. The van der Waals surface area contributed by atoms with Gasteiger partial charge in [-0.15, -0.1) is 11.3 Å². The average molecular weight is 389 g/mol. The van der Waals surface area contributed by atoms with Crippen molar-refractivity contribution in [1.82, 2.24) is 19.4 Å². The van der Waals surface area contributed by atoms with Gasteiger partial charge in [0.15, 0.2) is 0 Å². The van der Waals surface area contributed by atoms with Crippen molar-refractivity contribution >= 4 is 39.9 Å². The van der Waals surface area contributed by atoms with Gasteiger partial charge in [-0.25, -0.2) is 4.98 Å².